The lowest BCUT2D eigenvalue weighted by atomic mass is 9.81. The monoisotopic (exact) mass is 954 g/mol. The topological polar surface area (TPSA) is 90.3 Å². The number of aryl methyl sites for hydroxylation is 1. The van der Waals surface area contributed by atoms with Crippen molar-refractivity contribution in [3.8, 4) is 28.0 Å². The van der Waals surface area contributed by atoms with Crippen LogP contribution in [0, 0.1) is 6.92 Å². The normalized spacial score (nSPS) is 15.8. The van der Waals surface area contributed by atoms with Crippen LogP contribution in [0.1, 0.15) is 108 Å². The molecule has 1 atom stereocenters. The molecule has 2 aliphatic heterocycles. The van der Waals surface area contributed by atoms with Crippen LogP contribution in [-0.4, -0.2) is 71.2 Å². The van der Waals surface area contributed by atoms with Gasteiger partial charge in [-0.25, -0.2) is 0 Å². The quantitative estimate of drug-likeness (QED) is 0.0824. The largest absolute Gasteiger partial charge is 0.489 e. The van der Waals surface area contributed by atoms with Gasteiger partial charge in [0.1, 0.15) is 12.4 Å². The van der Waals surface area contributed by atoms with Crippen molar-refractivity contribution in [3.05, 3.63) is 178 Å². The predicted octanol–water partition coefficient (Wildman–Crippen LogP) is 13.7. The zero-order chi connectivity index (χ0) is 48.5. The van der Waals surface area contributed by atoms with Gasteiger partial charge in [0, 0.05) is 29.7 Å². The van der Waals surface area contributed by atoms with Gasteiger partial charge in [0.05, 0.1) is 18.4 Å². The van der Waals surface area contributed by atoms with E-state index in [1.807, 2.05) is 62.4 Å². The van der Waals surface area contributed by atoms with Gasteiger partial charge >= 0.3 is 18.1 Å². The number of likely N-dealkylation sites (tertiary alicyclic amines) is 2. The van der Waals surface area contributed by atoms with Crippen LogP contribution >= 0.6 is 11.8 Å². The molecule has 0 aliphatic carbocycles. The molecular formula is C58H61F3N2O5S. The van der Waals surface area contributed by atoms with E-state index in [2.05, 4.69) is 64.4 Å². The molecule has 0 saturated carbocycles. The molecule has 69 heavy (non-hydrogen) atoms. The first-order chi connectivity index (χ1) is 33.3. The van der Waals surface area contributed by atoms with E-state index in [0.717, 1.165) is 85.2 Å². The SMILES string of the molecule is Cc1cccc(-c2ccc(OCc3ccc(C4CCN(CCC(=O)O)CC4)cc3)cc2C(C)c2cc(SCc3ccc(C4CCN(CCC(=O)O)CC4)cc3)cc(C(F)(F)F)c2-c2ccccc2)c1. The summed E-state index contributed by atoms with van der Waals surface area (Å²) in [4.78, 5) is 27.1. The van der Waals surface area contributed by atoms with Crippen molar-refractivity contribution in [1.82, 2.24) is 9.80 Å². The molecule has 2 heterocycles. The van der Waals surface area contributed by atoms with Crippen LogP contribution in [0.4, 0.5) is 13.2 Å². The summed E-state index contributed by atoms with van der Waals surface area (Å²) < 4.78 is 52.9. The number of hydrogen-bond donors (Lipinski definition) is 2. The molecule has 0 aromatic heterocycles. The Balaban J connectivity index is 1.05. The maximum absolute atomic E-state index is 15.5. The summed E-state index contributed by atoms with van der Waals surface area (Å²) in [6.45, 7) is 8.98. The van der Waals surface area contributed by atoms with Crippen LogP contribution in [0.15, 0.2) is 138 Å². The summed E-state index contributed by atoms with van der Waals surface area (Å²) in [5, 5.41) is 18.2. The van der Waals surface area contributed by atoms with Gasteiger partial charge in [-0.05, 0) is 151 Å². The van der Waals surface area contributed by atoms with E-state index in [1.54, 1.807) is 24.3 Å². The zero-order valence-corrected chi connectivity index (χ0v) is 40.2. The zero-order valence-electron chi connectivity index (χ0n) is 39.4. The molecule has 6 aromatic carbocycles. The van der Waals surface area contributed by atoms with Crippen LogP contribution in [0.25, 0.3) is 22.3 Å². The van der Waals surface area contributed by atoms with Crippen molar-refractivity contribution < 1.29 is 37.7 Å². The minimum absolute atomic E-state index is 0.146. The minimum atomic E-state index is -4.62. The molecule has 360 valence electrons. The van der Waals surface area contributed by atoms with E-state index in [0.29, 0.717) is 59.1 Å². The number of thioether (sulfide) groups is 1. The van der Waals surface area contributed by atoms with E-state index in [9.17, 15) is 9.59 Å². The molecular weight excluding hydrogens is 894 g/mol. The highest BCUT2D eigenvalue weighted by molar-refractivity contribution is 7.98. The third kappa shape index (κ3) is 13.1. The lowest BCUT2D eigenvalue weighted by Crippen LogP contribution is -2.34. The highest BCUT2D eigenvalue weighted by atomic mass is 32.2. The Kier molecular flexibility index (Phi) is 16.3. The highest BCUT2D eigenvalue weighted by Gasteiger charge is 2.37. The van der Waals surface area contributed by atoms with Crippen LogP contribution in [0.5, 0.6) is 5.75 Å². The van der Waals surface area contributed by atoms with Crippen molar-refractivity contribution in [3.63, 3.8) is 0 Å². The van der Waals surface area contributed by atoms with E-state index in [1.165, 1.54) is 29.0 Å². The van der Waals surface area contributed by atoms with Crippen molar-refractivity contribution in [2.45, 2.75) is 93.6 Å². The number of carboxylic acids is 2. The fraction of sp³-hybridized carbons (Fsp3) is 0.345. The van der Waals surface area contributed by atoms with E-state index in [4.69, 9.17) is 14.9 Å². The minimum Gasteiger partial charge on any atom is -0.489 e. The standard InChI is InChI=1S/C58H61F3N2O5S/c1-39-7-6-10-48(33-39)51-20-19-49(68-37-41-11-15-43(16-12-41)45-21-27-62(28-22-45)31-25-55(64)65)34-52(51)40(2)53-35-50(36-54(58(59,60)61)57(53)47-8-4-3-5-9-47)69-38-42-13-17-44(18-14-42)46-23-29-63(30-24-46)32-26-56(66)67/h3-20,33-36,40,45-46H,21-32,37-38H2,1-2H3,(H,64,65)(H,66,67). The summed E-state index contributed by atoms with van der Waals surface area (Å²) in [5.74, 6) is -0.102. The van der Waals surface area contributed by atoms with Gasteiger partial charge in [-0.2, -0.15) is 13.2 Å². The van der Waals surface area contributed by atoms with Crippen molar-refractivity contribution in [2.75, 3.05) is 39.3 Å². The van der Waals surface area contributed by atoms with Gasteiger partial charge in [-0.1, -0.05) is 122 Å². The summed E-state index contributed by atoms with van der Waals surface area (Å²) in [6, 6.07) is 43.3. The average Bonchev–Trinajstić information content (AvgIpc) is 3.36. The third-order valence-electron chi connectivity index (χ3n) is 14.0. The number of benzene rings is 6. The Morgan fingerprint density at radius 1 is 0.667 bits per heavy atom. The first-order valence-electron chi connectivity index (χ1n) is 24.1. The fourth-order valence-corrected chi connectivity index (χ4v) is 11.0. The molecule has 6 aromatic rings. The van der Waals surface area contributed by atoms with Gasteiger partial charge in [-0.15, -0.1) is 11.8 Å². The van der Waals surface area contributed by atoms with Gasteiger partial charge < -0.3 is 24.7 Å². The molecule has 2 aliphatic rings. The van der Waals surface area contributed by atoms with Crippen molar-refractivity contribution in [2.24, 2.45) is 0 Å². The molecule has 0 radical (unpaired) electrons. The molecule has 7 nitrogen and oxygen atoms in total. The maximum Gasteiger partial charge on any atom is 0.417 e. The fourth-order valence-electron chi connectivity index (χ4n) is 10.0. The number of rotatable bonds is 18. The Hall–Kier alpha value is -5.88. The smallest absolute Gasteiger partial charge is 0.417 e. The number of ether oxygens (including phenoxy) is 1. The summed E-state index contributed by atoms with van der Waals surface area (Å²) in [7, 11) is 0. The Bertz CT molecular complexity index is 2680. The second-order valence-electron chi connectivity index (χ2n) is 18.7. The molecule has 0 bridgehead atoms. The van der Waals surface area contributed by atoms with E-state index in [-0.39, 0.29) is 18.4 Å². The number of halogens is 3. The lowest BCUT2D eigenvalue weighted by Gasteiger charge is -2.31. The number of alkyl halides is 3. The summed E-state index contributed by atoms with van der Waals surface area (Å²) in [5.41, 5.74) is 8.95. The van der Waals surface area contributed by atoms with Gasteiger partial charge in [-0.3, -0.25) is 9.59 Å². The second-order valence-corrected chi connectivity index (χ2v) is 19.8. The molecule has 1 unspecified atom stereocenters. The lowest BCUT2D eigenvalue weighted by molar-refractivity contribution is -0.138. The number of hydrogen-bond acceptors (Lipinski definition) is 6. The number of nitrogens with zero attached hydrogens (tertiary/aromatic N) is 2. The highest BCUT2D eigenvalue weighted by Crippen LogP contribution is 2.47. The van der Waals surface area contributed by atoms with Gasteiger partial charge in [0.2, 0.25) is 0 Å². The molecule has 2 N–H and O–H groups in total. The third-order valence-corrected chi connectivity index (χ3v) is 15.0. The van der Waals surface area contributed by atoms with Crippen LogP contribution in [0.2, 0.25) is 0 Å². The summed E-state index contributed by atoms with van der Waals surface area (Å²) >= 11 is 1.41. The van der Waals surface area contributed by atoms with Crippen LogP contribution in [-0.2, 0) is 28.1 Å². The predicted molar refractivity (Wildman–Crippen MR) is 269 cm³/mol. The molecule has 2 fully saturated rings. The Morgan fingerprint density at radius 3 is 1.78 bits per heavy atom. The molecule has 0 spiro atoms. The molecule has 8 rings (SSSR count). The number of carbonyl (C=O) groups is 2. The number of aliphatic carboxylic acids is 2. The first-order valence-corrected chi connectivity index (χ1v) is 25.1. The van der Waals surface area contributed by atoms with E-state index < -0.39 is 29.6 Å². The first kappa shape index (κ1) is 49.5. The average molecular weight is 955 g/mol. The van der Waals surface area contributed by atoms with E-state index >= 15 is 13.2 Å². The Labute approximate surface area is 408 Å². The Morgan fingerprint density at radius 2 is 1.23 bits per heavy atom. The van der Waals surface area contributed by atoms with Crippen molar-refractivity contribution >= 4 is 23.7 Å². The van der Waals surface area contributed by atoms with Crippen molar-refractivity contribution in [1.29, 1.82) is 0 Å². The summed E-state index contributed by atoms with van der Waals surface area (Å²) in [6.07, 6.45) is -0.438. The van der Waals surface area contributed by atoms with Crippen LogP contribution < -0.4 is 4.74 Å². The maximum atomic E-state index is 15.5. The number of carboxylic acid groups (broad SMARTS) is 2. The second kappa shape index (κ2) is 22.7. The van der Waals surface area contributed by atoms with Gasteiger partial charge in [0.15, 0.2) is 0 Å². The molecule has 0 amide bonds. The molecule has 2 saturated heterocycles. The number of piperidine rings is 2. The van der Waals surface area contributed by atoms with Gasteiger partial charge in [0.25, 0.3) is 0 Å². The van der Waals surface area contributed by atoms with Crippen LogP contribution in [0.3, 0.4) is 0 Å². The molecule has 11 heteroatoms.